The summed E-state index contributed by atoms with van der Waals surface area (Å²) in [6, 6.07) is 7.70. The lowest BCUT2D eigenvalue weighted by atomic mass is 10.3. The molecule has 0 bridgehead atoms. The monoisotopic (exact) mass is 344 g/mol. The zero-order valence-electron chi connectivity index (χ0n) is 14.2. The Morgan fingerprint density at radius 1 is 1.38 bits per heavy atom. The molecule has 6 nitrogen and oxygen atoms in total. The third-order valence-corrected chi connectivity index (χ3v) is 4.82. The molecule has 0 aliphatic rings. The Morgan fingerprint density at radius 2 is 2.17 bits per heavy atom. The van der Waals surface area contributed by atoms with Gasteiger partial charge in [-0.1, -0.05) is 11.3 Å². The van der Waals surface area contributed by atoms with E-state index in [0.29, 0.717) is 10.5 Å². The number of benzene rings is 1. The van der Waals surface area contributed by atoms with Crippen molar-refractivity contribution >= 4 is 27.5 Å². The number of thiazole rings is 1. The number of carbonyl (C=O) groups excluding carboxylic acids is 1. The minimum Gasteiger partial charge on any atom is -0.497 e. The molecule has 3 rings (SSSR count). The number of aromatic nitrogens is 3. The van der Waals surface area contributed by atoms with Crippen molar-refractivity contribution in [3.8, 4) is 5.75 Å². The van der Waals surface area contributed by atoms with Crippen LogP contribution in [0.15, 0.2) is 35.5 Å². The van der Waals surface area contributed by atoms with Gasteiger partial charge < -0.3 is 9.30 Å². The average molecular weight is 344 g/mol. The topological polar surface area (TPSA) is 61.4 Å². The minimum absolute atomic E-state index is 0.110. The summed E-state index contributed by atoms with van der Waals surface area (Å²) in [5, 5.41) is 4.20. The van der Waals surface area contributed by atoms with Crippen molar-refractivity contribution in [1.29, 1.82) is 0 Å². The van der Waals surface area contributed by atoms with Crippen molar-refractivity contribution in [3.63, 3.8) is 0 Å². The SMILES string of the molecule is CCn1c(=NC(=O)c2ccnn2C(C)C)sc2cc(OC)ccc21. The molecule has 0 saturated heterocycles. The van der Waals surface area contributed by atoms with Crippen LogP contribution < -0.4 is 9.54 Å². The molecule has 1 aromatic carbocycles. The summed E-state index contributed by atoms with van der Waals surface area (Å²) >= 11 is 1.48. The lowest BCUT2D eigenvalue weighted by molar-refractivity contribution is 0.0986. The van der Waals surface area contributed by atoms with Crippen molar-refractivity contribution in [2.45, 2.75) is 33.4 Å². The van der Waals surface area contributed by atoms with Gasteiger partial charge in [-0.25, -0.2) is 0 Å². The number of ether oxygens (including phenoxy) is 1. The predicted molar refractivity (Wildman–Crippen MR) is 94.5 cm³/mol. The zero-order valence-corrected chi connectivity index (χ0v) is 15.0. The Labute approximate surface area is 144 Å². The highest BCUT2D eigenvalue weighted by atomic mass is 32.1. The van der Waals surface area contributed by atoms with Crippen LogP contribution in [0.2, 0.25) is 0 Å². The van der Waals surface area contributed by atoms with Crippen molar-refractivity contribution in [2.24, 2.45) is 4.99 Å². The number of rotatable bonds is 4. The molecule has 1 amide bonds. The largest absolute Gasteiger partial charge is 0.497 e. The molecule has 0 saturated carbocycles. The van der Waals surface area contributed by atoms with Crippen molar-refractivity contribution in [2.75, 3.05) is 7.11 Å². The number of aryl methyl sites for hydroxylation is 1. The van der Waals surface area contributed by atoms with E-state index >= 15 is 0 Å². The van der Waals surface area contributed by atoms with Gasteiger partial charge in [0.1, 0.15) is 11.4 Å². The van der Waals surface area contributed by atoms with Gasteiger partial charge in [0.2, 0.25) is 0 Å². The Hall–Kier alpha value is -2.41. The van der Waals surface area contributed by atoms with Crippen LogP contribution in [0.5, 0.6) is 5.75 Å². The van der Waals surface area contributed by atoms with E-state index < -0.39 is 0 Å². The average Bonchev–Trinajstić information content (AvgIpc) is 3.18. The molecule has 3 aromatic rings. The number of methoxy groups -OCH3 is 1. The molecule has 0 spiro atoms. The first-order chi connectivity index (χ1) is 11.5. The third kappa shape index (κ3) is 2.87. The number of hydrogen-bond donors (Lipinski definition) is 0. The maximum atomic E-state index is 12.6. The molecule has 0 fully saturated rings. The third-order valence-electron chi connectivity index (χ3n) is 3.78. The molecular weight excluding hydrogens is 324 g/mol. The highest BCUT2D eigenvalue weighted by Gasteiger charge is 2.14. The smallest absolute Gasteiger partial charge is 0.297 e. The second-order valence-electron chi connectivity index (χ2n) is 5.63. The van der Waals surface area contributed by atoms with Gasteiger partial charge in [0.05, 0.1) is 17.3 Å². The highest BCUT2D eigenvalue weighted by Crippen LogP contribution is 2.23. The summed E-state index contributed by atoms with van der Waals surface area (Å²) in [5.41, 5.74) is 1.55. The van der Waals surface area contributed by atoms with Crippen molar-refractivity contribution in [1.82, 2.24) is 14.3 Å². The second kappa shape index (κ2) is 6.60. The van der Waals surface area contributed by atoms with E-state index in [0.717, 1.165) is 22.5 Å². The lowest BCUT2D eigenvalue weighted by Crippen LogP contribution is -2.18. The van der Waals surface area contributed by atoms with E-state index in [1.165, 1.54) is 11.3 Å². The quantitative estimate of drug-likeness (QED) is 0.730. The molecule has 0 aliphatic heterocycles. The van der Waals surface area contributed by atoms with Crippen LogP contribution in [-0.2, 0) is 6.54 Å². The van der Waals surface area contributed by atoms with E-state index in [4.69, 9.17) is 4.74 Å². The first-order valence-corrected chi connectivity index (χ1v) is 8.66. The molecule has 0 aliphatic carbocycles. The molecule has 0 N–H and O–H groups in total. The molecule has 0 unspecified atom stereocenters. The predicted octanol–water partition coefficient (Wildman–Crippen LogP) is 3.25. The number of hydrogen-bond acceptors (Lipinski definition) is 4. The summed E-state index contributed by atoms with van der Waals surface area (Å²) in [6.45, 7) is 6.75. The van der Waals surface area contributed by atoms with Crippen molar-refractivity contribution < 1.29 is 9.53 Å². The van der Waals surface area contributed by atoms with Crippen LogP contribution in [0, 0.1) is 0 Å². The summed E-state index contributed by atoms with van der Waals surface area (Å²) < 4.78 is 10.0. The summed E-state index contributed by atoms with van der Waals surface area (Å²) in [4.78, 5) is 17.6. The fourth-order valence-electron chi connectivity index (χ4n) is 2.61. The standard InChI is InChI=1S/C17H20N4O2S/c1-5-20-13-7-6-12(23-4)10-15(13)24-17(20)19-16(22)14-8-9-18-21(14)11(2)3/h6-11H,5H2,1-4H3. The second-order valence-corrected chi connectivity index (χ2v) is 6.64. The Morgan fingerprint density at radius 3 is 2.83 bits per heavy atom. The van der Waals surface area contributed by atoms with Gasteiger partial charge in [0.25, 0.3) is 5.91 Å². The van der Waals surface area contributed by atoms with Gasteiger partial charge in [-0.15, -0.1) is 0 Å². The van der Waals surface area contributed by atoms with E-state index in [1.54, 1.807) is 24.1 Å². The summed E-state index contributed by atoms with van der Waals surface area (Å²) in [6.07, 6.45) is 1.63. The van der Waals surface area contributed by atoms with Crippen LogP contribution in [0.25, 0.3) is 10.2 Å². The highest BCUT2D eigenvalue weighted by molar-refractivity contribution is 7.16. The van der Waals surface area contributed by atoms with Gasteiger partial charge in [-0.3, -0.25) is 9.48 Å². The molecular formula is C17H20N4O2S. The Bertz CT molecular complexity index is 949. The van der Waals surface area contributed by atoms with E-state index in [2.05, 4.69) is 10.1 Å². The molecule has 0 radical (unpaired) electrons. The van der Waals surface area contributed by atoms with Crippen LogP contribution in [-0.4, -0.2) is 27.4 Å². The fourth-order valence-corrected chi connectivity index (χ4v) is 3.73. The molecule has 2 aromatic heterocycles. The lowest BCUT2D eigenvalue weighted by Gasteiger charge is -2.07. The van der Waals surface area contributed by atoms with Gasteiger partial charge in [0.15, 0.2) is 4.80 Å². The first kappa shape index (κ1) is 16.4. The number of fused-ring (bicyclic) bond motifs is 1. The van der Waals surface area contributed by atoms with E-state index in [9.17, 15) is 4.79 Å². The van der Waals surface area contributed by atoms with Crippen LogP contribution in [0.4, 0.5) is 0 Å². The maximum absolute atomic E-state index is 12.6. The Kier molecular flexibility index (Phi) is 4.53. The minimum atomic E-state index is -0.276. The van der Waals surface area contributed by atoms with Crippen LogP contribution in [0.1, 0.15) is 37.3 Å². The summed E-state index contributed by atoms with van der Waals surface area (Å²) in [5.74, 6) is 0.518. The fraction of sp³-hybridized carbons (Fsp3) is 0.353. The Balaban J connectivity index is 2.12. The van der Waals surface area contributed by atoms with Crippen LogP contribution in [0.3, 0.4) is 0 Å². The van der Waals surface area contributed by atoms with Gasteiger partial charge >= 0.3 is 0 Å². The van der Waals surface area contributed by atoms with Gasteiger partial charge in [-0.2, -0.15) is 10.1 Å². The molecule has 0 atom stereocenters. The van der Waals surface area contributed by atoms with Gasteiger partial charge in [-0.05, 0) is 45.0 Å². The van der Waals surface area contributed by atoms with Crippen LogP contribution >= 0.6 is 11.3 Å². The molecule has 126 valence electrons. The van der Waals surface area contributed by atoms with E-state index in [-0.39, 0.29) is 11.9 Å². The zero-order chi connectivity index (χ0) is 17.3. The first-order valence-electron chi connectivity index (χ1n) is 7.85. The molecule has 24 heavy (non-hydrogen) atoms. The maximum Gasteiger partial charge on any atom is 0.297 e. The number of carbonyl (C=O) groups is 1. The van der Waals surface area contributed by atoms with Gasteiger partial charge in [0, 0.05) is 18.8 Å². The molecule has 7 heteroatoms. The van der Waals surface area contributed by atoms with E-state index in [1.807, 2.05) is 43.5 Å². The molecule has 2 heterocycles. The number of nitrogens with zero attached hydrogens (tertiary/aromatic N) is 4. The summed E-state index contributed by atoms with van der Waals surface area (Å²) in [7, 11) is 1.64. The number of amides is 1. The van der Waals surface area contributed by atoms with Crippen molar-refractivity contribution in [3.05, 3.63) is 41.0 Å². The normalized spacial score (nSPS) is 12.3.